The Labute approximate surface area is 242 Å². The molecule has 1 aromatic heterocycles. The average Bonchev–Trinajstić information content (AvgIpc) is 3.26. The van der Waals surface area contributed by atoms with Crippen molar-refractivity contribution in [1.82, 2.24) is 9.78 Å². The maximum absolute atomic E-state index is 13.0. The molecule has 0 atom stereocenters. The second-order valence-corrected chi connectivity index (χ2v) is 11.5. The minimum atomic E-state index is -4.86. The predicted molar refractivity (Wildman–Crippen MR) is 150 cm³/mol. The fourth-order valence-corrected chi connectivity index (χ4v) is 4.80. The Morgan fingerprint density at radius 2 is 1.58 bits per heavy atom. The standard InChI is InChI=1S/C24H21N7O10S2/c1-12-8-17(27-29-21-22(24(33)34)30-31(23(21)32)14-5-3-4-13(25)9-14)19(41-2)11-16(12)26-28-18-10-15(42(35,36)37)6-7-20(18)43(38,39)40/h3-11,30H,25H2,1-2H3,(H,33,34)(H,35,36,37)(H,38,39,40). The first-order valence-corrected chi connectivity index (χ1v) is 14.5. The van der Waals surface area contributed by atoms with Crippen molar-refractivity contribution in [2.24, 2.45) is 20.5 Å². The Hall–Kier alpha value is -5.24. The minimum Gasteiger partial charge on any atom is -0.494 e. The highest BCUT2D eigenvalue weighted by molar-refractivity contribution is 7.86. The number of benzene rings is 3. The van der Waals surface area contributed by atoms with Crippen LogP contribution in [0.1, 0.15) is 16.1 Å². The second kappa shape index (κ2) is 11.6. The molecule has 43 heavy (non-hydrogen) atoms. The number of aromatic carboxylic acids is 1. The van der Waals surface area contributed by atoms with Crippen LogP contribution in [0.2, 0.25) is 0 Å². The number of nitrogen functional groups attached to an aromatic ring is 1. The van der Waals surface area contributed by atoms with E-state index in [4.69, 9.17) is 10.5 Å². The Balaban J connectivity index is 1.75. The van der Waals surface area contributed by atoms with E-state index in [1.54, 1.807) is 12.1 Å². The molecule has 17 nitrogen and oxygen atoms in total. The number of carboxylic acid groups (broad SMARTS) is 1. The first-order valence-electron chi connectivity index (χ1n) is 11.7. The van der Waals surface area contributed by atoms with Crippen molar-refractivity contribution in [3.63, 3.8) is 0 Å². The topological polar surface area (TPSA) is 269 Å². The van der Waals surface area contributed by atoms with Crippen molar-refractivity contribution in [2.45, 2.75) is 16.7 Å². The largest absolute Gasteiger partial charge is 0.494 e. The van der Waals surface area contributed by atoms with Gasteiger partial charge in [-0.15, -0.1) is 15.3 Å². The van der Waals surface area contributed by atoms with Gasteiger partial charge in [0.05, 0.1) is 23.4 Å². The van der Waals surface area contributed by atoms with E-state index >= 15 is 0 Å². The zero-order valence-electron chi connectivity index (χ0n) is 22.0. The number of hydrogen-bond donors (Lipinski definition) is 5. The number of methoxy groups -OCH3 is 1. The van der Waals surface area contributed by atoms with E-state index in [1.165, 1.54) is 38.3 Å². The number of H-pyrrole nitrogens is 1. The quantitative estimate of drug-likeness (QED) is 0.0996. The molecule has 19 heteroatoms. The molecule has 0 unspecified atom stereocenters. The first-order chi connectivity index (χ1) is 20.1. The van der Waals surface area contributed by atoms with E-state index < -0.39 is 58.6 Å². The van der Waals surface area contributed by atoms with Crippen LogP contribution in [-0.2, 0) is 20.2 Å². The molecule has 224 valence electrons. The molecule has 4 rings (SSSR count). The van der Waals surface area contributed by atoms with Gasteiger partial charge in [-0.25, -0.2) is 9.48 Å². The number of ether oxygens (including phenoxy) is 1. The smallest absolute Gasteiger partial charge is 0.356 e. The Morgan fingerprint density at radius 1 is 0.907 bits per heavy atom. The highest BCUT2D eigenvalue weighted by atomic mass is 32.2. The number of hydrogen-bond acceptors (Lipinski definition) is 12. The van der Waals surface area contributed by atoms with Gasteiger partial charge >= 0.3 is 5.97 Å². The molecule has 0 aliphatic carbocycles. The van der Waals surface area contributed by atoms with E-state index in [0.29, 0.717) is 17.3 Å². The minimum absolute atomic E-state index is 0.0218. The number of aryl methyl sites for hydroxylation is 1. The van der Waals surface area contributed by atoms with Crippen LogP contribution in [0.25, 0.3) is 5.69 Å². The third kappa shape index (κ3) is 6.64. The SMILES string of the molecule is COc1cc(N=Nc2cc(S(=O)(=O)O)ccc2S(=O)(=O)O)c(C)cc1N=Nc1c(C(=O)O)[nH]n(-c2cccc(N)c2)c1=O. The van der Waals surface area contributed by atoms with Crippen LogP contribution in [-0.4, -0.2) is 53.9 Å². The number of aromatic nitrogens is 2. The summed E-state index contributed by atoms with van der Waals surface area (Å²) in [6.07, 6.45) is 0. The van der Waals surface area contributed by atoms with Crippen molar-refractivity contribution in [1.29, 1.82) is 0 Å². The maximum atomic E-state index is 13.0. The van der Waals surface area contributed by atoms with E-state index in [2.05, 4.69) is 25.6 Å². The van der Waals surface area contributed by atoms with Crippen molar-refractivity contribution in [2.75, 3.05) is 12.8 Å². The van der Waals surface area contributed by atoms with Crippen LogP contribution in [0, 0.1) is 6.92 Å². The molecule has 3 aromatic carbocycles. The lowest BCUT2D eigenvalue weighted by molar-refractivity contribution is 0.0690. The number of nitrogens with one attached hydrogen (secondary N) is 1. The lowest BCUT2D eigenvalue weighted by atomic mass is 10.1. The number of carboxylic acids is 1. The van der Waals surface area contributed by atoms with E-state index in [1.807, 2.05) is 0 Å². The Kier molecular flexibility index (Phi) is 8.26. The highest BCUT2D eigenvalue weighted by Gasteiger charge is 2.22. The van der Waals surface area contributed by atoms with Crippen LogP contribution >= 0.6 is 0 Å². The molecule has 0 radical (unpaired) electrons. The van der Waals surface area contributed by atoms with Gasteiger partial charge in [0.25, 0.3) is 25.8 Å². The summed E-state index contributed by atoms with van der Waals surface area (Å²) in [4.78, 5) is 23.3. The molecule has 1 heterocycles. The Morgan fingerprint density at radius 3 is 2.19 bits per heavy atom. The summed E-state index contributed by atoms with van der Waals surface area (Å²) in [5.41, 5.74) is 4.34. The second-order valence-electron chi connectivity index (χ2n) is 8.67. The normalized spacial score (nSPS) is 12.3. The molecule has 4 aromatic rings. The monoisotopic (exact) mass is 631 g/mol. The van der Waals surface area contributed by atoms with E-state index in [9.17, 15) is 40.6 Å². The maximum Gasteiger partial charge on any atom is 0.356 e. The summed E-state index contributed by atoms with van der Waals surface area (Å²) < 4.78 is 71.5. The third-order valence-corrected chi connectivity index (χ3v) is 7.49. The zero-order valence-corrected chi connectivity index (χ0v) is 23.7. The Bertz CT molecular complexity index is 2100. The van der Waals surface area contributed by atoms with Gasteiger partial charge < -0.3 is 15.6 Å². The number of rotatable bonds is 9. The molecular formula is C24H21N7O10S2. The molecule has 0 saturated carbocycles. The van der Waals surface area contributed by atoms with Gasteiger partial charge in [0.15, 0.2) is 11.4 Å². The van der Waals surface area contributed by atoms with Gasteiger partial charge in [0, 0.05) is 11.8 Å². The molecule has 0 spiro atoms. The lowest BCUT2D eigenvalue weighted by Gasteiger charge is -2.08. The summed E-state index contributed by atoms with van der Waals surface area (Å²) >= 11 is 0. The zero-order chi connectivity index (χ0) is 31.7. The molecular weight excluding hydrogens is 610 g/mol. The molecule has 6 N–H and O–H groups in total. The summed E-state index contributed by atoms with van der Waals surface area (Å²) in [6.45, 7) is 1.54. The molecule has 0 amide bonds. The van der Waals surface area contributed by atoms with Gasteiger partial charge in [-0.1, -0.05) is 6.07 Å². The van der Waals surface area contributed by atoms with Crippen LogP contribution in [0.5, 0.6) is 5.75 Å². The summed E-state index contributed by atoms with van der Waals surface area (Å²) in [5.74, 6) is -1.46. The van der Waals surface area contributed by atoms with E-state index in [0.717, 1.165) is 16.8 Å². The fourth-order valence-electron chi connectivity index (χ4n) is 3.69. The van der Waals surface area contributed by atoms with Gasteiger partial charge in [0.1, 0.15) is 22.0 Å². The predicted octanol–water partition coefficient (Wildman–Crippen LogP) is 4.09. The summed E-state index contributed by atoms with van der Waals surface area (Å²) in [5, 5.41) is 27.5. The molecule has 0 saturated heterocycles. The van der Waals surface area contributed by atoms with E-state index in [-0.39, 0.29) is 22.8 Å². The van der Waals surface area contributed by atoms with Crippen molar-refractivity contribution in [3.8, 4) is 11.4 Å². The summed E-state index contributed by atoms with van der Waals surface area (Å²) in [6, 6.07) is 11.0. The van der Waals surface area contributed by atoms with Crippen LogP contribution in [0.4, 0.5) is 28.4 Å². The van der Waals surface area contributed by atoms with Crippen molar-refractivity contribution < 1.29 is 40.6 Å². The molecule has 0 fully saturated rings. The number of azo groups is 2. The van der Waals surface area contributed by atoms with Crippen LogP contribution < -0.4 is 16.0 Å². The van der Waals surface area contributed by atoms with Gasteiger partial charge in [0.2, 0.25) is 0 Å². The summed E-state index contributed by atoms with van der Waals surface area (Å²) in [7, 11) is -8.33. The van der Waals surface area contributed by atoms with Gasteiger partial charge in [-0.05, 0) is 55.0 Å². The number of aromatic amines is 1. The number of nitrogens with two attached hydrogens (primary N) is 1. The lowest BCUT2D eigenvalue weighted by Crippen LogP contribution is -2.14. The number of carbonyl (C=O) groups is 1. The van der Waals surface area contributed by atoms with Gasteiger partial charge in [-0.2, -0.15) is 21.9 Å². The molecule has 0 aliphatic heterocycles. The van der Waals surface area contributed by atoms with Gasteiger partial charge in [-0.3, -0.25) is 19.0 Å². The molecule has 0 bridgehead atoms. The van der Waals surface area contributed by atoms with Crippen molar-refractivity contribution in [3.05, 3.63) is 76.2 Å². The number of nitrogens with zero attached hydrogens (tertiary/aromatic N) is 5. The first kappa shape index (κ1) is 30.7. The number of anilines is 1. The third-order valence-electron chi connectivity index (χ3n) is 5.74. The van der Waals surface area contributed by atoms with Crippen molar-refractivity contribution >= 4 is 54.6 Å². The van der Waals surface area contributed by atoms with Crippen LogP contribution in [0.15, 0.2) is 89.6 Å². The van der Waals surface area contributed by atoms with Crippen LogP contribution in [0.3, 0.4) is 0 Å². The molecule has 0 aliphatic rings. The average molecular weight is 632 g/mol. The fraction of sp³-hybridized carbons (Fsp3) is 0.0833. The highest BCUT2D eigenvalue weighted by Crippen LogP contribution is 2.37.